The highest BCUT2D eigenvalue weighted by Gasteiger charge is 2.13. The summed E-state index contributed by atoms with van der Waals surface area (Å²) in [5.41, 5.74) is 3.50. The molecule has 4 rings (SSSR count). The predicted octanol–water partition coefficient (Wildman–Crippen LogP) is 7.14. The van der Waals surface area contributed by atoms with Gasteiger partial charge in [-0.1, -0.05) is 47.5 Å². The molecule has 0 aliphatic heterocycles. The minimum atomic E-state index is -0.242. The zero-order valence-corrected chi connectivity index (χ0v) is 20.8. The summed E-state index contributed by atoms with van der Waals surface area (Å²) < 4.78 is 8.27. The Labute approximate surface area is 210 Å². The average molecular weight is 545 g/mol. The van der Waals surface area contributed by atoms with Gasteiger partial charge in [-0.3, -0.25) is 9.48 Å². The molecule has 0 aliphatic carbocycles. The van der Waals surface area contributed by atoms with E-state index in [1.165, 1.54) is 0 Å². The van der Waals surface area contributed by atoms with Gasteiger partial charge in [0.1, 0.15) is 12.4 Å². The van der Waals surface area contributed by atoms with Crippen LogP contribution in [0.1, 0.15) is 27.0 Å². The Kier molecular flexibility index (Phi) is 7.38. The second kappa shape index (κ2) is 10.4. The van der Waals surface area contributed by atoms with Gasteiger partial charge in [0.2, 0.25) is 0 Å². The minimum Gasteiger partial charge on any atom is -0.489 e. The summed E-state index contributed by atoms with van der Waals surface area (Å²) in [6.45, 7) is 2.89. The summed E-state index contributed by atoms with van der Waals surface area (Å²) in [6, 6.07) is 20.4. The molecule has 0 unspecified atom stereocenters. The highest BCUT2D eigenvalue weighted by molar-refractivity contribution is 9.10. The SMILES string of the molecule is Cc1cc(OCc2ccc(C(=O)Nc3nn(Cc4ccc(Cl)cc4)cc3Br)cc2)ccc1Cl. The number of hydrogen-bond acceptors (Lipinski definition) is 3. The predicted molar refractivity (Wildman–Crippen MR) is 135 cm³/mol. The van der Waals surface area contributed by atoms with Crippen molar-refractivity contribution in [3.63, 3.8) is 0 Å². The normalized spacial score (nSPS) is 10.8. The number of halogens is 3. The quantitative estimate of drug-likeness (QED) is 0.269. The number of hydrogen-bond donors (Lipinski definition) is 1. The van der Waals surface area contributed by atoms with E-state index in [-0.39, 0.29) is 5.91 Å². The maximum Gasteiger partial charge on any atom is 0.256 e. The lowest BCUT2D eigenvalue weighted by Gasteiger charge is -2.09. The molecule has 0 spiro atoms. The van der Waals surface area contributed by atoms with Crippen LogP contribution in [0, 0.1) is 6.92 Å². The molecule has 0 bridgehead atoms. The standard InChI is InChI=1S/C25H20BrCl2N3O2/c1-16-12-21(10-11-23(16)28)33-15-18-2-6-19(7-3-18)25(32)29-24-22(26)14-31(30-24)13-17-4-8-20(27)9-5-17/h2-12,14H,13,15H2,1H3,(H,29,30,32). The average Bonchev–Trinajstić information content (AvgIpc) is 3.15. The van der Waals surface area contributed by atoms with Crippen LogP contribution in [0.25, 0.3) is 0 Å². The lowest BCUT2D eigenvalue weighted by Crippen LogP contribution is -2.13. The maximum absolute atomic E-state index is 12.7. The van der Waals surface area contributed by atoms with Crippen molar-refractivity contribution in [1.82, 2.24) is 9.78 Å². The maximum atomic E-state index is 12.7. The molecule has 8 heteroatoms. The van der Waals surface area contributed by atoms with Crippen LogP contribution in [0.3, 0.4) is 0 Å². The van der Waals surface area contributed by atoms with E-state index in [2.05, 4.69) is 26.3 Å². The number of amides is 1. The summed E-state index contributed by atoms with van der Waals surface area (Å²) in [7, 11) is 0. The van der Waals surface area contributed by atoms with Gasteiger partial charge in [0, 0.05) is 21.8 Å². The molecule has 1 aromatic heterocycles. The van der Waals surface area contributed by atoms with Gasteiger partial charge in [-0.2, -0.15) is 5.10 Å². The van der Waals surface area contributed by atoms with Crippen molar-refractivity contribution in [1.29, 1.82) is 0 Å². The van der Waals surface area contributed by atoms with Gasteiger partial charge in [0.25, 0.3) is 5.91 Å². The lowest BCUT2D eigenvalue weighted by atomic mass is 10.1. The molecule has 0 saturated carbocycles. The zero-order valence-electron chi connectivity index (χ0n) is 17.7. The first-order chi connectivity index (χ1) is 15.9. The molecule has 0 fully saturated rings. The van der Waals surface area contributed by atoms with Crippen LogP contribution in [0.2, 0.25) is 10.0 Å². The summed E-state index contributed by atoms with van der Waals surface area (Å²) in [4.78, 5) is 12.7. The van der Waals surface area contributed by atoms with E-state index in [4.69, 9.17) is 27.9 Å². The highest BCUT2D eigenvalue weighted by Crippen LogP contribution is 2.23. The fourth-order valence-electron chi connectivity index (χ4n) is 3.15. The molecule has 3 aromatic carbocycles. The summed E-state index contributed by atoms with van der Waals surface area (Å²) in [5, 5.41) is 8.70. The fraction of sp³-hybridized carbons (Fsp3) is 0.120. The van der Waals surface area contributed by atoms with Crippen LogP contribution in [-0.4, -0.2) is 15.7 Å². The van der Waals surface area contributed by atoms with Crippen LogP contribution in [0.5, 0.6) is 5.75 Å². The van der Waals surface area contributed by atoms with E-state index >= 15 is 0 Å². The van der Waals surface area contributed by atoms with E-state index in [1.54, 1.807) is 16.8 Å². The Morgan fingerprint density at radius 1 is 1.03 bits per heavy atom. The molecule has 0 atom stereocenters. The smallest absolute Gasteiger partial charge is 0.256 e. The number of ether oxygens (including phenoxy) is 1. The molecule has 1 N–H and O–H groups in total. The first kappa shape index (κ1) is 23.4. The fourth-order valence-corrected chi connectivity index (χ4v) is 3.80. The number of aryl methyl sites for hydroxylation is 1. The Morgan fingerprint density at radius 3 is 2.42 bits per heavy atom. The van der Waals surface area contributed by atoms with Crippen LogP contribution >= 0.6 is 39.1 Å². The first-order valence-electron chi connectivity index (χ1n) is 10.1. The first-order valence-corrected chi connectivity index (χ1v) is 11.7. The largest absolute Gasteiger partial charge is 0.489 e. The summed E-state index contributed by atoms with van der Waals surface area (Å²) in [5.74, 6) is 0.963. The number of anilines is 1. The molecular formula is C25H20BrCl2N3O2. The van der Waals surface area contributed by atoms with E-state index < -0.39 is 0 Å². The summed E-state index contributed by atoms with van der Waals surface area (Å²) in [6.07, 6.45) is 1.82. The van der Waals surface area contributed by atoms with Crippen molar-refractivity contribution in [3.8, 4) is 5.75 Å². The van der Waals surface area contributed by atoms with Crippen molar-refractivity contribution in [3.05, 3.63) is 110 Å². The minimum absolute atomic E-state index is 0.242. The highest BCUT2D eigenvalue weighted by atomic mass is 79.9. The van der Waals surface area contributed by atoms with Gasteiger partial charge in [-0.15, -0.1) is 0 Å². The molecule has 5 nitrogen and oxygen atoms in total. The molecule has 0 aliphatic rings. The van der Waals surface area contributed by atoms with Gasteiger partial charge in [0.05, 0.1) is 11.0 Å². The molecule has 0 saturated heterocycles. The Morgan fingerprint density at radius 2 is 1.73 bits per heavy atom. The number of benzene rings is 3. The van der Waals surface area contributed by atoms with Gasteiger partial charge in [-0.25, -0.2) is 0 Å². The topological polar surface area (TPSA) is 56.1 Å². The molecule has 168 valence electrons. The number of rotatable bonds is 7. The molecule has 1 heterocycles. The van der Waals surface area contributed by atoms with Gasteiger partial charge in [-0.05, 0) is 82.0 Å². The third-order valence-electron chi connectivity index (χ3n) is 4.96. The Bertz CT molecular complexity index is 1270. The van der Waals surface area contributed by atoms with E-state index in [0.717, 1.165) is 22.4 Å². The summed E-state index contributed by atoms with van der Waals surface area (Å²) >= 11 is 15.4. The molecule has 1 amide bonds. The second-order valence-corrected chi connectivity index (χ2v) is 9.20. The van der Waals surface area contributed by atoms with Crippen molar-refractivity contribution in [2.24, 2.45) is 0 Å². The Balaban J connectivity index is 1.36. The zero-order chi connectivity index (χ0) is 23.4. The number of aromatic nitrogens is 2. The van der Waals surface area contributed by atoms with Crippen molar-refractivity contribution < 1.29 is 9.53 Å². The number of carbonyl (C=O) groups is 1. The number of carbonyl (C=O) groups excluding carboxylic acids is 1. The molecule has 0 radical (unpaired) electrons. The lowest BCUT2D eigenvalue weighted by molar-refractivity contribution is 0.102. The number of nitrogens with one attached hydrogen (secondary N) is 1. The van der Waals surface area contributed by atoms with E-state index in [1.807, 2.05) is 67.7 Å². The number of nitrogens with zero attached hydrogens (tertiary/aromatic N) is 2. The van der Waals surface area contributed by atoms with E-state index in [9.17, 15) is 4.79 Å². The van der Waals surface area contributed by atoms with E-state index in [0.29, 0.717) is 39.1 Å². The monoisotopic (exact) mass is 543 g/mol. The van der Waals surface area contributed by atoms with Crippen LogP contribution in [-0.2, 0) is 13.2 Å². The van der Waals surface area contributed by atoms with Gasteiger partial charge < -0.3 is 10.1 Å². The third-order valence-corrected chi connectivity index (χ3v) is 6.21. The van der Waals surface area contributed by atoms with Crippen molar-refractivity contribution in [2.45, 2.75) is 20.1 Å². The molecular weight excluding hydrogens is 525 g/mol. The van der Waals surface area contributed by atoms with Crippen molar-refractivity contribution >= 4 is 50.9 Å². The Hall–Kier alpha value is -2.80. The van der Waals surface area contributed by atoms with Gasteiger partial charge in [0.15, 0.2) is 5.82 Å². The van der Waals surface area contributed by atoms with Gasteiger partial charge >= 0.3 is 0 Å². The van der Waals surface area contributed by atoms with Crippen LogP contribution < -0.4 is 10.1 Å². The molecule has 33 heavy (non-hydrogen) atoms. The second-order valence-electron chi connectivity index (χ2n) is 7.50. The van der Waals surface area contributed by atoms with Crippen LogP contribution in [0.15, 0.2) is 77.4 Å². The van der Waals surface area contributed by atoms with Crippen LogP contribution in [0.4, 0.5) is 5.82 Å². The molecule has 4 aromatic rings. The third kappa shape index (κ3) is 6.16. The van der Waals surface area contributed by atoms with Crippen molar-refractivity contribution in [2.75, 3.05) is 5.32 Å².